The number of carbonyl (C=O) groups excluding carboxylic acids is 1. The van der Waals surface area contributed by atoms with Crippen molar-refractivity contribution in [3.63, 3.8) is 0 Å². The first-order chi connectivity index (χ1) is 10.2. The van der Waals surface area contributed by atoms with E-state index >= 15 is 0 Å². The lowest BCUT2D eigenvalue weighted by Crippen LogP contribution is -2.47. The van der Waals surface area contributed by atoms with Gasteiger partial charge in [-0.1, -0.05) is 29.8 Å². The van der Waals surface area contributed by atoms with Crippen LogP contribution in [0.2, 0.25) is 0 Å². The molecule has 1 aromatic carbocycles. The van der Waals surface area contributed by atoms with Crippen molar-refractivity contribution in [1.82, 2.24) is 10.2 Å². The van der Waals surface area contributed by atoms with Crippen molar-refractivity contribution in [1.29, 1.82) is 0 Å². The lowest BCUT2D eigenvalue weighted by atomic mass is 9.71. The van der Waals surface area contributed by atoms with E-state index in [-0.39, 0.29) is 0 Å². The fourth-order valence-electron chi connectivity index (χ4n) is 3.68. The van der Waals surface area contributed by atoms with Gasteiger partial charge in [0.05, 0.1) is 6.42 Å². The zero-order valence-corrected chi connectivity index (χ0v) is 13.0. The van der Waals surface area contributed by atoms with Crippen molar-refractivity contribution in [2.75, 3.05) is 26.2 Å². The highest BCUT2D eigenvalue weighted by Gasteiger charge is 2.36. The fraction of sp³-hybridized carbons (Fsp3) is 0.611. The Kier molecular flexibility index (Phi) is 4.29. The number of nitrogens with zero attached hydrogens (tertiary/aromatic N) is 1. The Balaban J connectivity index is 1.54. The van der Waals surface area contributed by atoms with Crippen LogP contribution in [0.1, 0.15) is 36.8 Å². The smallest absolute Gasteiger partial charge is 0.226 e. The third-order valence-corrected chi connectivity index (χ3v) is 5.32. The van der Waals surface area contributed by atoms with Gasteiger partial charge in [0, 0.05) is 13.1 Å². The SMILES string of the molecule is Cc1ccc(CC(=O)N2CCC3(CCNCC3)CC2)cc1. The molecule has 2 fully saturated rings. The Hall–Kier alpha value is -1.35. The summed E-state index contributed by atoms with van der Waals surface area (Å²) in [5.74, 6) is 0.294. The summed E-state index contributed by atoms with van der Waals surface area (Å²) >= 11 is 0. The van der Waals surface area contributed by atoms with Crippen LogP contribution in [0.4, 0.5) is 0 Å². The second-order valence-corrected chi connectivity index (χ2v) is 6.79. The second-order valence-electron chi connectivity index (χ2n) is 6.79. The molecular weight excluding hydrogens is 260 g/mol. The number of carbonyl (C=O) groups is 1. The number of rotatable bonds is 2. The minimum Gasteiger partial charge on any atom is -0.342 e. The Bertz CT molecular complexity index is 478. The molecule has 0 bridgehead atoms. The minimum absolute atomic E-state index is 0.294. The van der Waals surface area contributed by atoms with Crippen molar-refractivity contribution < 1.29 is 4.79 Å². The molecule has 1 amide bonds. The first-order valence-corrected chi connectivity index (χ1v) is 8.21. The van der Waals surface area contributed by atoms with Gasteiger partial charge in [-0.3, -0.25) is 4.79 Å². The van der Waals surface area contributed by atoms with Crippen LogP contribution < -0.4 is 5.32 Å². The van der Waals surface area contributed by atoms with E-state index in [0.29, 0.717) is 17.7 Å². The van der Waals surface area contributed by atoms with E-state index in [1.165, 1.54) is 31.2 Å². The highest BCUT2D eigenvalue weighted by atomic mass is 16.2. The summed E-state index contributed by atoms with van der Waals surface area (Å²) in [5, 5.41) is 3.45. The molecule has 21 heavy (non-hydrogen) atoms. The number of nitrogens with one attached hydrogen (secondary N) is 1. The molecule has 3 rings (SSSR count). The van der Waals surface area contributed by atoms with Crippen LogP contribution >= 0.6 is 0 Å². The maximum Gasteiger partial charge on any atom is 0.226 e. The van der Waals surface area contributed by atoms with Crippen molar-refractivity contribution in [3.05, 3.63) is 35.4 Å². The monoisotopic (exact) mass is 286 g/mol. The highest BCUT2D eigenvalue weighted by Crippen LogP contribution is 2.39. The van der Waals surface area contributed by atoms with Crippen LogP contribution in [0.3, 0.4) is 0 Å². The predicted molar refractivity (Wildman–Crippen MR) is 85.2 cm³/mol. The maximum atomic E-state index is 12.4. The predicted octanol–water partition coefficient (Wildman–Crippen LogP) is 2.53. The quantitative estimate of drug-likeness (QED) is 0.906. The van der Waals surface area contributed by atoms with Gasteiger partial charge in [0.25, 0.3) is 0 Å². The molecule has 3 nitrogen and oxygen atoms in total. The lowest BCUT2D eigenvalue weighted by molar-refractivity contribution is -0.133. The Morgan fingerprint density at radius 2 is 1.71 bits per heavy atom. The van der Waals surface area contributed by atoms with Crippen LogP contribution in [-0.2, 0) is 11.2 Å². The van der Waals surface area contributed by atoms with Gasteiger partial charge in [0.1, 0.15) is 0 Å². The van der Waals surface area contributed by atoms with E-state index in [1.807, 2.05) is 0 Å². The van der Waals surface area contributed by atoms with Gasteiger partial charge in [0.2, 0.25) is 5.91 Å². The summed E-state index contributed by atoms with van der Waals surface area (Å²) in [4.78, 5) is 14.5. The number of benzene rings is 1. The van der Waals surface area contributed by atoms with Crippen molar-refractivity contribution in [3.8, 4) is 0 Å². The van der Waals surface area contributed by atoms with E-state index in [1.54, 1.807) is 0 Å². The number of piperidine rings is 2. The zero-order valence-electron chi connectivity index (χ0n) is 13.0. The summed E-state index contributed by atoms with van der Waals surface area (Å²) in [6.07, 6.45) is 5.50. The molecule has 0 radical (unpaired) electrons. The molecule has 114 valence electrons. The average Bonchev–Trinajstić information content (AvgIpc) is 2.51. The molecule has 0 aromatic heterocycles. The van der Waals surface area contributed by atoms with Gasteiger partial charge in [0.15, 0.2) is 0 Å². The van der Waals surface area contributed by atoms with E-state index in [2.05, 4.69) is 41.4 Å². The molecule has 0 unspecified atom stereocenters. The summed E-state index contributed by atoms with van der Waals surface area (Å²) in [7, 11) is 0. The van der Waals surface area contributed by atoms with Crippen LogP contribution in [0, 0.1) is 12.3 Å². The zero-order chi connectivity index (χ0) is 14.7. The summed E-state index contributed by atoms with van der Waals surface area (Å²) in [6, 6.07) is 8.32. The molecule has 2 saturated heterocycles. The third-order valence-electron chi connectivity index (χ3n) is 5.32. The fourth-order valence-corrected chi connectivity index (χ4v) is 3.68. The lowest BCUT2D eigenvalue weighted by Gasteiger charge is -2.44. The maximum absolute atomic E-state index is 12.4. The molecule has 2 aliphatic rings. The van der Waals surface area contributed by atoms with Crippen LogP contribution in [0.5, 0.6) is 0 Å². The van der Waals surface area contributed by atoms with Crippen LogP contribution in [-0.4, -0.2) is 37.0 Å². The summed E-state index contributed by atoms with van der Waals surface area (Å²) in [6.45, 7) is 6.28. The average molecular weight is 286 g/mol. The molecule has 0 atom stereocenters. The standard InChI is InChI=1S/C18H26N2O/c1-15-2-4-16(5-3-15)14-17(21)20-12-8-18(9-13-20)6-10-19-11-7-18/h2-5,19H,6-14H2,1H3. The summed E-state index contributed by atoms with van der Waals surface area (Å²) < 4.78 is 0. The molecule has 2 heterocycles. The molecule has 0 saturated carbocycles. The number of hydrogen-bond acceptors (Lipinski definition) is 2. The van der Waals surface area contributed by atoms with Gasteiger partial charge < -0.3 is 10.2 Å². The Labute approximate surface area is 127 Å². The number of hydrogen-bond donors (Lipinski definition) is 1. The second kappa shape index (κ2) is 6.18. The van der Waals surface area contributed by atoms with Gasteiger partial charge in [-0.15, -0.1) is 0 Å². The normalized spacial score (nSPS) is 21.5. The molecule has 1 spiro atoms. The first-order valence-electron chi connectivity index (χ1n) is 8.21. The Morgan fingerprint density at radius 1 is 1.10 bits per heavy atom. The molecule has 1 N–H and O–H groups in total. The summed E-state index contributed by atoms with van der Waals surface area (Å²) in [5.41, 5.74) is 2.90. The highest BCUT2D eigenvalue weighted by molar-refractivity contribution is 5.78. The number of amides is 1. The molecular formula is C18H26N2O. The van der Waals surface area contributed by atoms with Crippen LogP contribution in [0.25, 0.3) is 0 Å². The molecule has 0 aliphatic carbocycles. The van der Waals surface area contributed by atoms with Crippen molar-refractivity contribution in [2.45, 2.75) is 39.0 Å². The molecule has 2 aliphatic heterocycles. The number of likely N-dealkylation sites (tertiary alicyclic amines) is 1. The largest absolute Gasteiger partial charge is 0.342 e. The topological polar surface area (TPSA) is 32.3 Å². The number of aryl methyl sites for hydroxylation is 1. The van der Waals surface area contributed by atoms with E-state index in [9.17, 15) is 4.79 Å². The van der Waals surface area contributed by atoms with E-state index in [4.69, 9.17) is 0 Å². The minimum atomic E-state index is 0.294. The van der Waals surface area contributed by atoms with Crippen molar-refractivity contribution in [2.24, 2.45) is 5.41 Å². The third kappa shape index (κ3) is 3.46. The van der Waals surface area contributed by atoms with Gasteiger partial charge >= 0.3 is 0 Å². The van der Waals surface area contributed by atoms with E-state index in [0.717, 1.165) is 31.7 Å². The molecule has 3 heteroatoms. The molecule has 1 aromatic rings. The van der Waals surface area contributed by atoms with E-state index < -0.39 is 0 Å². The van der Waals surface area contributed by atoms with Gasteiger partial charge in [-0.05, 0) is 56.7 Å². The first kappa shape index (κ1) is 14.6. The van der Waals surface area contributed by atoms with Gasteiger partial charge in [-0.25, -0.2) is 0 Å². The van der Waals surface area contributed by atoms with Crippen LogP contribution in [0.15, 0.2) is 24.3 Å². The Morgan fingerprint density at radius 3 is 2.33 bits per heavy atom. The van der Waals surface area contributed by atoms with Gasteiger partial charge in [-0.2, -0.15) is 0 Å². The van der Waals surface area contributed by atoms with Crippen molar-refractivity contribution >= 4 is 5.91 Å².